The van der Waals surface area contributed by atoms with Gasteiger partial charge < -0.3 is 10.5 Å². The van der Waals surface area contributed by atoms with Gasteiger partial charge in [0.2, 0.25) is 0 Å². The van der Waals surface area contributed by atoms with Crippen molar-refractivity contribution in [2.45, 2.75) is 32.2 Å². The van der Waals surface area contributed by atoms with Crippen molar-refractivity contribution in [3.63, 3.8) is 0 Å². The van der Waals surface area contributed by atoms with Crippen LogP contribution in [0.25, 0.3) is 0 Å². The summed E-state index contributed by atoms with van der Waals surface area (Å²) in [5, 5.41) is 0. The van der Waals surface area contributed by atoms with Gasteiger partial charge in [-0.25, -0.2) is 0 Å². The summed E-state index contributed by atoms with van der Waals surface area (Å²) >= 11 is 0. The zero-order chi connectivity index (χ0) is 10.4. The second-order valence-electron chi connectivity index (χ2n) is 3.52. The lowest BCUT2D eigenvalue weighted by molar-refractivity contribution is 0.408. The van der Waals surface area contributed by atoms with Crippen molar-refractivity contribution in [2.24, 2.45) is 5.73 Å². The van der Waals surface area contributed by atoms with E-state index in [1.165, 1.54) is 5.56 Å². The van der Waals surface area contributed by atoms with E-state index in [-0.39, 0.29) is 0 Å². The number of ether oxygens (including phenoxy) is 1. The van der Waals surface area contributed by atoms with Crippen molar-refractivity contribution in [3.05, 3.63) is 29.8 Å². The van der Waals surface area contributed by atoms with Crippen molar-refractivity contribution in [3.8, 4) is 5.75 Å². The molecule has 0 heterocycles. The average Bonchev–Trinajstić information content (AvgIpc) is 2.26. The van der Waals surface area contributed by atoms with Crippen LogP contribution in [0, 0.1) is 0 Å². The first-order valence-electron chi connectivity index (χ1n) is 5.15. The van der Waals surface area contributed by atoms with E-state index in [4.69, 9.17) is 10.5 Å². The molecule has 2 N–H and O–H groups in total. The molecule has 0 aliphatic rings. The summed E-state index contributed by atoms with van der Waals surface area (Å²) in [7, 11) is 1.71. The fourth-order valence-electron chi connectivity index (χ4n) is 1.45. The van der Waals surface area contributed by atoms with Gasteiger partial charge in [0.05, 0.1) is 7.11 Å². The van der Waals surface area contributed by atoms with Gasteiger partial charge in [0.1, 0.15) is 5.75 Å². The molecule has 0 aliphatic heterocycles. The van der Waals surface area contributed by atoms with Gasteiger partial charge in [-0.1, -0.05) is 25.1 Å². The van der Waals surface area contributed by atoms with Crippen LogP contribution in [0.15, 0.2) is 24.3 Å². The molecule has 1 unspecified atom stereocenters. The molecule has 0 spiro atoms. The van der Waals surface area contributed by atoms with E-state index >= 15 is 0 Å². The fraction of sp³-hybridized carbons (Fsp3) is 0.500. The molecule has 78 valence electrons. The molecule has 0 radical (unpaired) electrons. The Balaban J connectivity index is 2.57. The monoisotopic (exact) mass is 193 g/mol. The Labute approximate surface area is 86.1 Å². The number of aryl methyl sites for hydroxylation is 1. The molecule has 1 aromatic rings. The van der Waals surface area contributed by atoms with Crippen LogP contribution in [0.1, 0.15) is 25.3 Å². The summed E-state index contributed by atoms with van der Waals surface area (Å²) in [6.45, 7) is 2.12. The summed E-state index contributed by atoms with van der Waals surface area (Å²) in [6, 6.07) is 8.42. The highest BCUT2D eigenvalue weighted by atomic mass is 16.5. The summed E-state index contributed by atoms with van der Waals surface area (Å²) in [6.07, 6.45) is 3.06. The fourth-order valence-corrected chi connectivity index (χ4v) is 1.45. The second kappa shape index (κ2) is 5.66. The van der Waals surface area contributed by atoms with Gasteiger partial charge in [-0.05, 0) is 30.9 Å². The van der Waals surface area contributed by atoms with Gasteiger partial charge in [0.15, 0.2) is 0 Å². The molecule has 2 nitrogen and oxygen atoms in total. The highest BCUT2D eigenvalue weighted by Gasteiger charge is 2.04. The van der Waals surface area contributed by atoms with E-state index in [0.29, 0.717) is 6.04 Å². The highest BCUT2D eigenvalue weighted by molar-refractivity contribution is 5.33. The molecule has 0 fully saturated rings. The van der Waals surface area contributed by atoms with Crippen LogP contribution in [0.4, 0.5) is 0 Å². The van der Waals surface area contributed by atoms with E-state index in [1.54, 1.807) is 7.11 Å². The van der Waals surface area contributed by atoms with Gasteiger partial charge in [-0.15, -0.1) is 0 Å². The number of hydrogen-bond donors (Lipinski definition) is 1. The average molecular weight is 193 g/mol. The lowest BCUT2D eigenvalue weighted by Gasteiger charge is -2.11. The minimum Gasteiger partial charge on any atom is -0.496 e. The normalized spacial score (nSPS) is 12.5. The van der Waals surface area contributed by atoms with Crippen molar-refractivity contribution in [2.75, 3.05) is 7.11 Å². The standard InChI is InChI=1S/C12H19NO/c1-3-11(13)9-8-10-6-4-5-7-12(10)14-2/h4-7,11H,3,8-9,13H2,1-2H3. The first kappa shape index (κ1) is 11.1. The van der Waals surface area contributed by atoms with Crippen molar-refractivity contribution in [1.29, 1.82) is 0 Å². The van der Waals surface area contributed by atoms with Gasteiger partial charge >= 0.3 is 0 Å². The van der Waals surface area contributed by atoms with Gasteiger partial charge in [0.25, 0.3) is 0 Å². The van der Waals surface area contributed by atoms with Crippen LogP contribution < -0.4 is 10.5 Å². The largest absolute Gasteiger partial charge is 0.496 e. The first-order chi connectivity index (χ1) is 6.77. The van der Waals surface area contributed by atoms with Gasteiger partial charge in [0, 0.05) is 6.04 Å². The van der Waals surface area contributed by atoms with Crippen molar-refractivity contribution < 1.29 is 4.74 Å². The van der Waals surface area contributed by atoms with Gasteiger partial charge in [-0.3, -0.25) is 0 Å². The zero-order valence-corrected chi connectivity index (χ0v) is 8.99. The molecular weight excluding hydrogens is 174 g/mol. The zero-order valence-electron chi connectivity index (χ0n) is 8.99. The lowest BCUT2D eigenvalue weighted by Crippen LogP contribution is -2.19. The number of nitrogens with two attached hydrogens (primary N) is 1. The third-order valence-corrected chi connectivity index (χ3v) is 2.50. The molecule has 2 heteroatoms. The smallest absolute Gasteiger partial charge is 0.122 e. The van der Waals surface area contributed by atoms with Crippen LogP contribution in [0.5, 0.6) is 5.75 Å². The molecule has 0 amide bonds. The van der Waals surface area contributed by atoms with E-state index in [9.17, 15) is 0 Å². The molecular formula is C12H19NO. The second-order valence-corrected chi connectivity index (χ2v) is 3.52. The Morgan fingerprint density at radius 2 is 2.07 bits per heavy atom. The molecule has 0 aromatic heterocycles. The van der Waals surface area contributed by atoms with Crippen LogP contribution in [-0.2, 0) is 6.42 Å². The quantitative estimate of drug-likeness (QED) is 0.779. The Morgan fingerprint density at radius 1 is 1.36 bits per heavy atom. The topological polar surface area (TPSA) is 35.2 Å². The number of methoxy groups -OCH3 is 1. The van der Waals surface area contributed by atoms with Crippen LogP contribution in [-0.4, -0.2) is 13.2 Å². The van der Waals surface area contributed by atoms with E-state index in [1.807, 2.05) is 18.2 Å². The Morgan fingerprint density at radius 3 is 2.71 bits per heavy atom. The SMILES string of the molecule is CCC(N)CCc1ccccc1OC. The lowest BCUT2D eigenvalue weighted by atomic mass is 10.0. The Kier molecular flexibility index (Phi) is 4.47. The Hall–Kier alpha value is -1.02. The Bertz CT molecular complexity index is 273. The maximum atomic E-state index is 5.87. The minimum atomic E-state index is 0.305. The number of para-hydroxylation sites is 1. The van der Waals surface area contributed by atoms with E-state index < -0.39 is 0 Å². The maximum Gasteiger partial charge on any atom is 0.122 e. The van der Waals surface area contributed by atoms with E-state index in [0.717, 1.165) is 25.0 Å². The van der Waals surface area contributed by atoms with Crippen molar-refractivity contribution in [1.82, 2.24) is 0 Å². The highest BCUT2D eigenvalue weighted by Crippen LogP contribution is 2.19. The predicted octanol–water partition coefficient (Wildman–Crippen LogP) is 2.37. The van der Waals surface area contributed by atoms with Crippen LogP contribution >= 0.6 is 0 Å². The summed E-state index contributed by atoms with van der Waals surface area (Å²) in [4.78, 5) is 0. The predicted molar refractivity (Wildman–Crippen MR) is 59.6 cm³/mol. The van der Waals surface area contributed by atoms with Crippen LogP contribution in [0.3, 0.4) is 0 Å². The third-order valence-electron chi connectivity index (χ3n) is 2.50. The summed E-state index contributed by atoms with van der Waals surface area (Å²) in [5.74, 6) is 0.968. The van der Waals surface area contributed by atoms with E-state index in [2.05, 4.69) is 13.0 Å². The molecule has 0 aliphatic carbocycles. The molecule has 0 saturated carbocycles. The van der Waals surface area contributed by atoms with Crippen molar-refractivity contribution >= 4 is 0 Å². The third kappa shape index (κ3) is 3.04. The maximum absolute atomic E-state index is 5.87. The summed E-state index contributed by atoms with van der Waals surface area (Å²) < 4.78 is 5.27. The molecule has 1 rings (SSSR count). The number of rotatable bonds is 5. The minimum absolute atomic E-state index is 0.305. The molecule has 1 aromatic carbocycles. The number of benzene rings is 1. The van der Waals surface area contributed by atoms with Gasteiger partial charge in [-0.2, -0.15) is 0 Å². The number of hydrogen-bond acceptors (Lipinski definition) is 2. The first-order valence-corrected chi connectivity index (χ1v) is 5.15. The molecule has 0 bridgehead atoms. The molecule has 1 atom stereocenters. The molecule has 14 heavy (non-hydrogen) atoms. The van der Waals surface area contributed by atoms with Crippen LogP contribution in [0.2, 0.25) is 0 Å². The molecule has 0 saturated heterocycles. The summed E-state index contributed by atoms with van der Waals surface area (Å²) in [5.41, 5.74) is 7.12.